The van der Waals surface area contributed by atoms with Gasteiger partial charge in [0.1, 0.15) is 0 Å². The molecule has 1 amide bonds. The lowest BCUT2D eigenvalue weighted by Crippen LogP contribution is -2.41. The predicted octanol–water partition coefficient (Wildman–Crippen LogP) is 1.43. The number of likely N-dealkylation sites (tertiary alicyclic amines) is 1. The van der Waals surface area contributed by atoms with Gasteiger partial charge < -0.3 is 14.4 Å². The molecule has 2 heterocycles. The van der Waals surface area contributed by atoms with E-state index in [1.54, 1.807) is 17.9 Å². The van der Waals surface area contributed by atoms with Gasteiger partial charge in [-0.15, -0.1) is 0 Å². The molecule has 2 fully saturated rings. The van der Waals surface area contributed by atoms with Crippen LogP contribution < -0.4 is 0 Å². The van der Waals surface area contributed by atoms with Crippen LogP contribution in [0.2, 0.25) is 0 Å². The third kappa shape index (κ3) is 5.15. The third-order valence-electron chi connectivity index (χ3n) is 5.47. The number of carbonyl (C=O) groups excluding carboxylic acids is 2. The Morgan fingerprint density at radius 3 is 2.45 bits per heavy atom. The van der Waals surface area contributed by atoms with E-state index in [1.165, 1.54) is 16.4 Å². The van der Waals surface area contributed by atoms with Gasteiger partial charge in [-0.05, 0) is 43.4 Å². The van der Waals surface area contributed by atoms with E-state index in [0.717, 1.165) is 12.8 Å². The smallest absolute Gasteiger partial charge is 0.338 e. The van der Waals surface area contributed by atoms with Gasteiger partial charge in [0, 0.05) is 26.2 Å². The molecule has 0 atom stereocenters. The van der Waals surface area contributed by atoms with Crippen molar-refractivity contribution < 1.29 is 27.5 Å². The van der Waals surface area contributed by atoms with E-state index in [-0.39, 0.29) is 36.1 Å². The van der Waals surface area contributed by atoms with Crippen LogP contribution in [0.5, 0.6) is 0 Å². The van der Waals surface area contributed by atoms with Gasteiger partial charge in [0.15, 0.2) is 6.61 Å². The fourth-order valence-electron chi connectivity index (χ4n) is 3.49. The summed E-state index contributed by atoms with van der Waals surface area (Å²) >= 11 is 0. The first-order valence-electron chi connectivity index (χ1n) is 9.92. The highest BCUT2D eigenvalue weighted by Gasteiger charge is 2.29. The average molecular weight is 425 g/mol. The Kier molecular flexibility index (Phi) is 6.92. The molecule has 2 saturated heterocycles. The van der Waals surface area contributed by atoms with Crippen LogP contribution in [-0.2, 0) is 24.3 Å². The Morgan fingerprint density at radius 2 is 1.79 bits per heavy atom. The summed E-state index contributed by atoms with van der Waals surface area (Å²) in [6.07, 6.45) is 1.89. The molecule has 1 aromatic rings. The molecular formula is C20H28N2O6S. The van der Waals surface area contributed by atoms with Gasteiger partial charge >= 0.3 is 5.97 Å². The van der Waals surface area contributed by atoms with Crippen molar-refractivity contribution in [3.05, 3.63) is 29.3 Å². The lowest BCUT2D eigenvalue weighted by Gasteiger charge is -2.30. The fourth-order valence-corrected chi connectivity index (χ4v) is 5.15. The first-order chi connectivity index (χ1) is 13.8. The first kappa shape index (κ1) is 21.7. The zero-order chi connectivity index (χ0) is 21.0. The Morgan fingerprint density at radius 1 is 1.14 bits per heavy atom. The van der Waals surface area contributed by atoms with Crippen molar-refractivity contribution in [1.29, 1.82) is 0 Å². The number of nitrogens with zero attached hydrogens (tertiary/aromatic N) is 2. The van der Waals surface area contributed by atoms with Gasteiger partial charge in [-0.3, -0.25) is 4.79 Å². The van der Waals surface area contributed by atoms with Crippen molar-refractivity contribution in [2.24, 2.45) is 5.92 Å². The number of hydrogen-bond donors (Lipinski definition) is 0. The third-order valence-corrected chi connectivity index (χ3v) is 7.52. The molecule has 0 radical (unpaired) electrons. The maximum atomic E-state index is 12.9. The largest absolute Gasteiger partial charge is 0.452 e. The minimum atomic E-state index is -3.73. The number of sulfonamides is 1. The first-order valence-corrected chi connectivity index (χ1v) is 11.4. The molecular weight excluding hydrogens is 396 g/mol. The lowest BCUT2D eigenvalue weighted by atomic mass is 9.99. The number of benzene rings is 1. The predicted molar refractivity (Wildman–Crippen MR) is 106 cm³/mol. The minimum absolute atomic E-state index is 0.0743. The van der Waals surface area contributed by atoms with Crippen LogP contribution in [0.3, 0.4) is 0 Å². The van der Waals surface area contributed by atoms with E-state index in [2.05, 4.69) is 6.92 Å². The highest BCUT2D eigenvalue weighted by atomic mass is 32.2. The molecule has 2 aliphatic rings. The molecule has 8 nitrogen and oxygen atoms in total. The van der Waals surface area contributed by atoms with Crippen LogP contribution in [-0.4, -0.2) is 75.5 Å². The maximum Gasteiger partial charge on any atom is 0.338 e. The summed E-state index contributed by atoms with van der Waals surface area (Å²) in [6.45, 7) is 6.08. The van der Waals surface area contributed by atoms with Crippen molar-refractivity contribution >= 4 is 21.9 Å². The second kappa shape index (κ2) is 9.23. The number of morpholine rings is 1. The number of ether oxygens (including phenoxy) is 2. The van der Waals surface area contributed by atoms with E-state index in [0.29, 0.717) is 37.8 Å². The molecule has 0 spiro atoms. The summed E-state index contributed by atoms with van der Waals surface area (Å²) in [4.78, 5) is 26.5. The molecule has 29 heavy (non-hydrogen) atoms. The van der Waals surface area contributed by atoms with Gasteiger partial charge in [-0.2, -0.15) is 4.31 Å². The minimum Gasteiger partial charge on any atom is -0.452 e. The van der Waals surface area contributed by atoms with E-state index < -0.39 is 16.0 Å². The number of hydrogen-bond acceptors (Lipinski definition) is 6. The molecule has 0 aliphatic carbocycles. The number of piperidine rings is 1. The molecule has 3 rings (SSSR count). The summed E-state index contributed by atoms with van der Waals surface area (Å²) in [5.41, 5.74) is 0.661. The highest BCUT2D eigenvalue weighted by molar-refractivity contribution is 7.89. The monoisotopic (exact) mass is 424 g/mol. The van der Waals surface area contributed by atoms with Crippen molar-refractivity contribution in [3.63, 3.8) is 0 Å². The SMILES string of the molecule is Cc1ccc(C(=O)OCC(=O)N2CCC(C)CC2)cc1S(=O)(=O)N1CCOCC1. The molecule has 9 heteroatoms. The molecule has 160 valence electrons. The number of amides is 1. The second-order valence-corrected chi connectivity index (χ2v) is 9.54. The van der Waals surface area contributed by atoms with Crippen molar-refractivity contribution in [2.75, 3.05) is 46.0 Å². The van der Waals surface area contributed by atoms with Crippen LogP contribution in [0.1, 0.15) is 35.7 Å². The Hall–Kier alpha value is -1.97. The van der Waals surface area contributed by atoms with Crippen molar-refractivity contribution in [2.45, 2.75) is 31.6 Å². The fraction of sp³-hybridized carbons (Fsp3) is 0.600. The van der Waals surface area contributed by atoms with Crippen LogP contribution >= 0.6 is 0 Å². The van der Waals surface area contributed by atoms with Gasteiger partial charge in [0.2, 0.25) is 10.0 Å². The highest BCUT2D eigenvalue weighted by Crippen LogP contribution is 2.23. The van der Waals surface area contributed by atoms with Crippen LogP contribution in [0.15, 0.2) is 23.1 Å². The van der Waals surface area contributed by atoms with E-state index in [9.17, 15) is 18.0 Å². The molecule has 0 bridgehead atoms. The standard InChI is InChI=1S/C20H28N2O6S/c1-15-5-7-21(8-6-15)19(23)14-28-20(24)17-4-3-16(2)18(13-17)29(25,26)22-9-11-27-12-10-22/h3-4,13,15H,5-12,14H2,1-2H3. The van der Waals surface area contributed by atoms with Crippen LogP contribution in [0.25, 0.3) is 0 Å². The van der Waals surface area contributed by atoms with E-state index >= 15 is 0 Å². The normalized spacial score (nSPS) is 19.2. The lowest BCUT2D eigenvalue weighted by molar-refractivity contribution is -0.135. The molecule has 1 aromatic carbocycles. The Balaban J connectivity index is 1.67. The topological polar surface area (TPSA) is 93.2 Å². The van der Waals surface area contributed by atoms with Gasteiger partial charge in [0.05, 0.1) is 23.7 Å². The number of carbonyl (C=O) groups is 2. The second-order valence-electron chi connectivity index (χ2n) is 7.64. The van der Waals surface area contributed by atoms with Crippen molar-refractivity contribution in [3.8, 4) is 0 Å². The maximum absolute atomic E-state index is 12.9. The molecule has 0 aromatic heterocycles. The van der Waals surface area contributed by atoms with Crippen LogP contribution in [0.4, 0.5) is 0 Å². The number of aryl methyl sites for hydroxylation is 1. The zero-order valence-electron chi connectivity index (χ0n) is 16.9. The van der Waals surface area contributed by atoms with Crippen molar-refractivity contribution in [1.82, 2.24) is 9.21 Å². The molecule has 0 unspecified atom stereocenters. The zero-order valence-corrected chi connectivity index (χ0v) is 17.7. The molecule has 0 saturated carbocycles. The van der Waals surface area contributed by atoms with Gasteiger partial charge in [-0.1, -0.05) is 13.0 Å². The van der Waals surface area contributed by atoms with Crippen LogP contribution in [0, 0.1) is 12.8 Å². The van der Waals surface area contributed by atoms with Gasteiger partial charge in [0.25, 0.3) is 5.91 Å². The summed E-state index contributed by atoms with van der Waals surface area (Å²) in [5, 5.41) is 0. The van der Waals surface area contributed by atoms with E-state index in [1.807, 2.05) is 0 Å². The summed E-state index contributed by atoms with van der Waals surface area (Å²) < 4.78 is 37.6. The van der Waals surface area contributed by atoms with Gasteiger partial charge in [-0.25, -0.2) is 13.2 Å². The molecule has 0 N–H and O–H groups in total. The number of esters is 1. The Labute approximate surface area is 171 Å². The summed E-state index contributed by atoms with van der Waals surface area (Å²) in [5.74, 6) is -0.332. The summed E-state index contributed by atoms with van der Waals surface area (Å²) in [7, 11) is -3.73. The summed E-state index contributed by atoms with van der Waals surface area (Å²) in [6, 6.07) is 4.43. The average Bonchev–Trinajstić information content (AvgIpc) is 2.73. The quantitative estimate of drug-likeness (QED) is 0.664. The Bertz CT molecular complexity index is 856. The number of rotatable bonds is 5. The van der Waals surface area contributed by atoms with E-state index in [4.69, 9.17) is 9.47 Å². The molecule has 2 aliphatic heterocycles.